The number of thioether (sulfide) groups is 1. The largest absolute Gasteiger partial charge is 0.308 e. The van der Waals surface area contributed by atoms with E-state index in [9.17, 15) is 0 Å². The molecule has 5 heteroatoms. The third kappa shape index (κ3) is 3.63. The summed E-state index contributed by atoms with van der Waals surface area (Å²) in [6, 6.07) is 11.7. The predicted octanol–water partition coefficient (Wildman–Crippen LogP) is 3.31. The zero-order valence-corrected chi connectivity index (χ0v) is 10.6. The number of hydrogen-bond donors (Lipinski definition) is 2. The summed E-state index contributed by atoms with van der Waals surface area (Å²) in [6.45, 7) is 0. The van der Waals surface area contributed by atoms with E-state index in [0.29, 0.717) is 5.82 Å². The molecule has 0 saturated heterocycles. The first kappa shape index (κ1) is 12.2. The number of nitrogens with one attached hydrogen (secondary N) is 1. The number of nitrogens with zero attached hydrogens (tertiary/aromatic N) is 1. The van der Waals surface area contributed by atoms with Crippen LogP contribution in [0.25, 0.3) is 0 Å². The van der Waals surface area contributed by atoms with Gasteiger partial charge in [-0.05, 0) is 29.8 Å². The van der Waals surface area contributed by atoms with Crippen LogP contribution in [0.3, 0.4) is 0 Å². The second-order valence-electron chi connectivity index (χ2n) is 3.44. The molecule has 0 bridgehead atoms. The Labute approximate surface area is 109 Å². The molecule has 0 saturated carbocycles. The number of rotatable bonds is 4. The molecular weight excluding hydrogens is 254 g/mol. The van der Waals surface area contributed by atoms with Gasteiger partial charge in [-0.3, -0.25) is 0 Å². The Morgan fingerprint density at radius 1 is 1.29 bits per heavy atom. The minimum absolute atomic E-state index is 0.668. The molecule has 0 unspecified atom stereocenters. The Morgan fingerprint density at radius 2 is 2.18 bits per heavy atom. The molecule has 0 fully saturated rings. The lowest BCUT2D eigenvalue weighted by Crippen LogP contribution is -2.08. The van der Waals surface area contributed by atoms with Crippen LogP contribution in [0, 0.1) is 0 Å². The van der Waals surface area contributed by atoms with Gasteiger partial charge in [0.1, 0.15) is 5.82 Å². The van der Waals surface area contributed by atoms with E-state index in [1.807, 2.05) is 42.6 Å². The van der Waals surface area contributed by atoms with Crippen molar-refractivity contribution in [3.8, 4) is 0 Å². The highest BCUT2D eigenvalue weighted by atomic mass is 35.5. The van der Waals surface area contributed by atoms with Crippen LogP contribution in [-0.4, -0.2) is 4.98 Å². The molecule has 17 heavy (non-hydrogen) atoms. The Morgan fingerprint density at radius 3 is 2.82 bits per heavy atom. The lowest BCUT2D eigenvalue weighted by Gasteiger charge is -2.03. The third-order valence-electron chi connectivity index (χ3n) is 2.17. The van der Waals surface area contributed by atoms with E-state index < -0.39 is 0 Å². The fraction of sp³-hybridized carbons (Fsp3) is 0.0833. The van der Waals surface area contributed by atoms with E-state index in [1.165, 1.54) is 0 Å². The number of pyridine rings is 1. The molecule has 88 valence electrons. The number of aromatic nitrogens is 1. The van der Waals surface area contributed by atoms with Crippen molar-refractivity contribution in [2.24, 2.45) is 5.84 Å². The number of hydrazine groups is 1. The summed E-state index contributed by atoms with van der Waals surface area (Å²) in [6.07, 6.45) is 1.81. The first-order valence-corrected chi connectivity index (χ1v) is 6.44. The number of halogens is 1. The van der Waals surface area contributed by atoms with Crippen LogP contribution in [0.2, 0.25) is 5.02 Å². The minimum Gasteiger partial charge on any atom is -0.308 e. The van der Waals surface area contributed by atoms with Crippen LogP contribution < -0.4 is 11.3 Å². The monoisotopic (exact) mass is 265 g/mol. The lowest BCUT2D eigenvalue weighted by molar-refractivity contribution is 1.19. The quantitative estimate of drug-likeness (QED) is 0.506. The van der Waals surface area contributed by atoms with Crippen molar-refractivity contribution < 1.29 is 0 Å². The molecule has 0 spiro atoms. The molecule has 0 aliphatic carbocycles. The molecule has 2 rings (SSSR count). The summed E-state index contributed by atoms with van der Waals surface area (Å²) in [4.78, 5) is 5.30. The van der Waals surface area contributed by atoms with Crippen molar-refractivity contribution in [3.63, 3.8) is 0 Å². The van der Waals surface area contributed by atoms with Crippen molar-refractivity contribution >= 4 is 29.2 Å². The van der Waals surface area contributed by atoms with E-state index in [-0.39, 0.29) is 0 Å². The van der Waals surface area contributed by atoms with Crippen molar-refractivity contribution in [3.05, 3.63) is 53.2 Å². The van der Waals surface area contributed by atoms with Gasteiger partial charge in [-0.25, -0.2) is 10.8 Å². The van der Waals surface area contributed by atoms with Crippen LogP contribution in [0.4, 0.5) is 5.82 Å². The summed E-state index contributed by atoms with van der Waals surface area (Å²) in [5, 5.41) is 0.760. The molecule has 0 aliphatic rings. The molecule has 3 N–H and O–H groups in total. The molecule has 1 aromatic carbocycles. The molecular formula is C12H12ClN3S. The Bertz CT molecular complexity index is 487. The highest BCUT2D eigenvalue weighted by Gasteiger charge is 1.98. The van der Waals surface area contributed by atoms with Gasteiger partial charge >= 0.3 is 0 Å². The Hall–Kier alpha value is -1.23. The smallest absolute Gasteiger partial charge is 0.139 e. The number of hydrogen-bond acceptors (Lipinski definition) is 4. The fourth-order valence-electron chi connectivity index (χ4n) is 1.32. The fourth-order valence-corrected chi connectivity index (χ4v) is 2.46. The topological polar surface area (TPSA) is 50.9 Å². The molecule has 3 nitrogen and oxygen atoms in total. The van der Waals surface area contributed by atoms with Crippen LogP contribution in [0.1, 0.15) is 5.56 Å². The highest BCUT2D eigenvalue weighted by molar-refractivity contribution is 7.98. The second-order valence-corrected chi connectivity index (χ2v) is 4.93. The lowest BCUT2D eigenvalue weighted by atomic mass is 10.3. The van der Waals surface area contributed by atoms with E-state index in [0.717, 1.165) is 21.2 Å². The molecule has 2 aromatic rings. The molecule has 1 heterocycles. The molecule has 0 amide bonds. The maximum atomic E-state index is 5.92. The minimum atomic E-state index is 0.668. The van der Waals surface area contributed by atoms with Gasteiger partial charge in [0.15, 0.2) is 0 Å². The SMILES string of the molecule is NNc1ccc(CSc2cccc(Cl)c2)cn1. The summed E-state index contributed by atoms with van der Waals surface area (Å²) in [5.41, 5.74) is 3.65. The van der Waals surface area contributed by atoms with E-state index in [1.54, 1.807) is 11.8 Å². The summed E-state index contributed by atoms with van der Waals surface area (Å²) in [7, 11) is 0. The number of nitrogen functional groups attached to an aromatic ring is 1. The van der Waals surface area contributed by atoms with Gasteiger partial charge in [0.2, 0.25) is 0 Å². The Kier molecular flexibility index (Phi) is 4.25. The summed E-state index contributed by atoms with van der Waals surface area (Å²) in [5.74, 6) is 6.78. The van der Waals surface area contributed by atoms with Gasteiger partial charge in [0.05, 0.1) is 0 Å². The third-order valence-corrected chi connectivity index (χ3v) is 3.47. The van der Waals surface area contributed by atoms with Gasteiger partial charge < -0.3 is 5.43 Å². The van der Waals surface area contributed by atoms with E-state index in [4.69, 9.17) is 17.4 Å². The maximum absolute atomic E-state index is 5.92. The molecule has 0 aliphatic heterocycles. The van der Waals surface area contributed by atoms with Gasteiger partial charge in [-0.1, -0.05) is 23.7 Å². The normalized spacial score (nSPS) is 10.2. The standard InChI is InChI=1S/C12H12ClN3S/c13-10-2-1-3-11(6-10)17-8-9-4-5-12(16-14)15-7-9/h1-7H,8,14H2,(H,15,16). The zero-order valence-electron chi connectivity index (χ0n) is 9.06. The van der Waals surface area contributed by atoms with Crippen molar-refractivity contribution in [2.75, 3.05) is 5.43 Å². The van der Waals surface area contributed by atoms with Gasteiger partial charge in [-0.15, -0.1) is 11.8 Å². The van der Waals surface area contributed by atoms with E-state index in [2.05, 4.69) is 10.4 Å². The molecule has 0 radical (unpaired) electrons. The van der Waals surface area contributed by atoms with E-state index >= 15 is 0 Å². The zero-order chi connectivity index (χ0) is 12.1. The van der Waals surface area contributed by atoms with Crippen LogP contribution >= 0.6 is 23.4 Å². The molecule has 1 aromatic heterocycles. The first-order valence-electron chi connectivity index (χ1n) is 5.08. The average molecular weight is 266 g/mol. The van der Waals surface area contributed by atoms with Gasteiger partial charge in [0, 0.05) is 21.9 Å². The van der Waals surface area contributed by atoms with Crippen molar-refractivity contribution in [2.45, 2.75) is 10.6 Å². The number of nitrogens with two attached hydrogens (primary N) is 1. The summed E-state index contributed by atoms with van der Waals surface area (Å²) >= 11 is 7.64. The summed E-state index contributed by atoms with van der Waals surface area (Å²) < 4.78 is 0. The highest BCUT2D eigenvalue weighted by Crippen LogP contribution is 2.25. The van der Waals surface area contributed by atoms with Gasteiger partial charge in [-0.2, -0.15) is 0 Å². The van der Waals surface area contributed by atoms with Crippen LogP contribution in [0.5, 0.6) is 0 Å². The average Bonchev–Trinajstić information content (AvgIpc) is 2.37. The van der Waals surface area contributed by atoms with Gasteiger partial charge in [0.25, 0.3) is 0 Å². The van der Waals surface area contributed by atoms with Crippen molar-refractivity contribution in [1.82, 2.24) is 4.98 Å². The number of anilines is 1. The second kappa shape index (κ2) is 5.91. The van der Waals surface area contributed by atoms with Crippen LogP contribution in [0.15, 0.2) is 47.5 Å². The van der Waals surface area contributed by atoms with Crippen molar-refractivity contribution in [1.29, 1.82) is 0 Å². The Balaban J connectivity index is 1.97. The molecule has 0 atom stereocenters. The number of benzene rings is 1. The van der Waals surface area contributed by atoms with Crippen LogP contribution in [-0.2, 0) is 5.75 Å². The first-order chi connectivity index (χ1) is 8.28. The maximum Gasteiger partial charge on any atom is 0.139 e. The predicted molar refractivity (Wildman–Crippen MR) is 73.1 cm³/mol.